The SMILES string of the molecule is CCCCCCCC[N+](C)(O)C(C)C. The summed E-state index contributed by atoms with van der Waals surface area (Å²) in [6, 6.07) is 0.311. The molecule has 0 saturated carbocycles. The highest BCUT2D eigenvalue weighted by atomic mass is 16.5. The lowest BCUT2D eigenvalue weighted by molar-refractivity contribution is -1.10. The molecule has 0 aliphatic heterocycles. The van der Waals surface area contributed by atoms with E-state index in [1.54, 1.807) is 0 Å². The smallest absolute Gasteiger partial charge is 0.113 e. The summed E-state index contributed by atoms with van der Waals surface area (Å²) < 4.78 is 0.174. The van der Waals surface area contributed by atoms with Crippen molar-refractivity contribution in [2.45, 2.75) is 65.3 Å². The summed E-state index contributed by atoms with van der Waals surface area (Å²) in [6.07, 6.45) is 7.75. The third-order valence-electron chi connectivity index (χ3n) is 3.08. The molecule has 0 aliphatic rings. The van der Waals surface area contributed by atoms with Crippen molar-refractivity contribution >= 4 is 0 Å². The summed E-state index contributed by atoms with van der Waals surface area (Å²) in [5, 5.41) is 9.93. The molecule has 0 amide bonds. The number of rotatable bonds is 8. The molecule has 0 saturated heterocycles. The van der Waals surface area contributed by atoms with Crippen LogP contribution in [0.1, 0.15) is 59.3 Å². The fourth-order valence-electron chi connectivity index (χ4n) is 1.47. The predicted molar refractivity (Wildman–Crippen MR) is 61.3 cm³/mol. The van der Waals surface area contributed by atoms with Gasteiger partial charge in [0.05, 0.1) is 7.05 Å². The van der Waals surface area contributed by atoms with Crippen LogP contribution in [0.15, 0.2) is 0 Å². The Bertz CT molecular complexity index is 132. The minimum absolute atomic E-state index is 0.174. The monoisotopic (exact) mass is 202 g/mol. The van der Waals surface area contributed by atoms with E-state index in [1.807, 2.05) is 7.05 Å². The van der Waals surface area contributed by atoms with E-state index in [2.05, 4.69) is 20.8 Å². The van der Waals surface area contributed by atoms with Crippen molar-refractivity contribution < 1.29 is 9.85 Å². The highest BCUT2D eigenvalue weighted by Gasteiger charge is 2.22. The zero-order chi connectivity index (χ0) is 11.0. The average molecular weight is 202 g/mol. The maximum absolute atomic E-state index is 9.93. The molecule has 0 aliphatic carbocycles. The zero-order valence-electron chi connectivity index (χ0n) is 10.4. The molecular formula is C12H28NO+. The quantitative estimate of drug-likeness (QED) is 0.362. The van der Waals surface area contributed by atoms with Gasteiger partial charge in [0.25, 0.3) is 0 Å². The molecule has 0 spiro atoms. The van der Waals surface area contributed by atoms with Gasteiger partial charge in [0, 0.05) is 0 Å². The van der Waals surface area contributed by atoms with Crippen molar-refractivity contribution in [3.63, 3.8) is 0 Å². The highest BCUT2D eigenvalue weighted by Crippen LogP contribution is 2.10. The van der Waals surface area contributed by atoms with E-state index in [1.165, 1.54) is 32.1 Å². The maximum Gasteiger partial charge on any atom is 0.113 e. The molecule has 0 radical (unpaired) electrons. The van der Waals surface area contributed by atoms with Crippen LogP contribution in [0.25, 0.3) is 0 Å². The Hall–Kier alpha value is -0.0800. The molecule has 0 aromatic rings. The van der Waals surface area contributed by atoms with Crippen LogP contribution in [0.5, 0.6) is 0 Å². The molecule has 1 atom stereocenters. The Morgan fingerprint density at radius 2 is 1.50 bits per heavy atom. The van der Waals surface area contributed by atoms with E-state index in [0.29, 0.717) is 6.04 Å². The Kier molecular flexibility index (Phi) is 7.20. The molecule has 0 fully saturated rings. The van der Waals surface area contributed by atoms with Crippen molar-refractivity contribution in [1.29, 1.82) is 0 Å². The summed E-state index contributed by atoms with van der Waals surface area (Å²) >= 11 is 0. The Balaban J connectivity index is 3.35. The first-order chi connectivity index (χ1) is 6.50. The van der Waals surface area contributed by atoms with E-state index >= 15 is 0 Å². The Labute approximate surface area is 89.5 Å². The van der Waals surface area contributed by atoms with Gasteiger partial charge in [-0.2, -0.15) is 4.65 Å². The van der Waals surface area contributed by atoms with Gasteiger partial charge < -0.3 is 0 Å². The van der Waals surface area contributed by atoms with Crippen molar-refractivity contribution in [2.24, 2.45) is 0 Å². The number of nitrogens with zero attached hydrogens (tertiary/aromatic N) is 1. The molecule has 1 unspecified atom stereocenters. The van der Waals surface area contributed by atoms with Gasteiger partial charge in [-0.1, -0.05) is 32.6 Å². The molecule has 2 nitrogen and oxygen atoms in total. The van der Waals surface area contributed by atoms with Crippen LogP contribution in [0.3, 0.4) is 0 Å². The van der Waals surface area contributed by atoms with E-state index < -0.39 is 0 Å². The van der Waals surface area contributed by atoms with Crippen LogP contribution in [0.2, 0.25) is 0 Å². The molecule has 0 aromatic carbocycles. The van der Waals surface area contributed by atoms with Gasteiger partial charge in [-0.25, -0.2) is 5.21 Å². The fourth-order valence-corrected chi connectivity index (χ4v) is 1.47. The van der Waals surface area contributed by atoms with Gasteiger partial charge in [0.1, 0.15) is 12.6 Å². The number of hydrogen-bond donors (Lipinski definition) is 1. The van der Waals surface area contributed by atoms with Crippen LogP contribution in [-0.2, 0) is 0 Å². The number of hydroxylamine groups is 3. The molecular weight excluding hydrogens is 174 g/mol. The molecule has 0 bridgehead atoms. The van der Waals surface area contributed by atoms with E-state index in [0.717, 1.165) is 13.0 Å². The van der Waals surface area contributed by atoms with Crippen molar-refractivity contribution in [3.8, 4) is 0 Å². The normalized spacial score (nSPS) is 15.9. The second kappa shape index (κ2) is 7.24. The van der Waals surface area contributed by atoms with Gasteiger partial charge in [-0.15, -0.1) is 0 Å². The summed E-state index contributed by atoms with van der Waals surface area (Å²) in [5.41, 5.74) is 0. The summed E-state index contributed by atoms with van der Waals surface area (Å²) in [5.74, 6) is 0. The summed E-state index contributed by atoms with van der Waals surface area (Å²) in [6.45, 7) is 7.26. The molecule has 86 valence electrons. The maximum atomic E-state index is 9.93. The van der Waals surface area contributed by atoms with Crippen molar-refractivity contribution in [2.75, 3.05) is 13.6 Å². The standard InChI is InChI=1S/C12H28NO/c1-5-6-7-8-9-10-11-13(4,14)12(2)3/h12,14H,5-11H2,1-4H3/q+1. The molecule has 2 heteroatoms. The lowest BCUT2D eigenvalue weighted by Crippen LogP contribution is -2.47. The van der Waals surface area contributed by atoms with Crippen LogP contribution < -0.4 is 0 Å². The summed E-state index contributed by atoms with van der Waals surface area (Å²) in [4.78, 5) is 0. The topological polar surface area (TPSA) is 20.2 Å². The highest BCUT2D eigenvalue weighted by molar-refractivity contribution is 4.44. The second-order valence-electron chi connectivity index (χ2n) is 4.80. The van der Waals surface area contributed by atoms with E-state index in [-0.39, 0.29) is 4.65 Å². The lowest BCUT2D eigenvalue weighted by atomic mass is 10.1. The molecule has 14 heavy (non-hydrogen) atoms. The van der Waals surface area contributed by atoms with Gasteiger partial charge in [-0.3, -0.25) is 0 Å². The van der Waals surface area contributed by atoms with Gasteiger partial charge in [-0.05, 0) is 26.7 Å². The van der Waals surface area contributed by atoms with Crippen LogP contribution in [0.4, 0.5) is 0 Å². The van der Waals surface area contributed by atoms with E-state index in [4.69, 9.17) is 0 Å². The number of unbranched alkanes of at least 4 members (excludes halogenated alkanes) is 5. The van der Waals surface area contributed by atoms with Crippen LogP contribution >= 0.6 is 0 Å². The predicted octanol–water partition coefficient (Wildman–Crippen LogP) is 3.59. The molecule has 0 aromatic heterocycles. The third kappa shape index (κ3) is 6.39. The number of quaternary nitrogens is 1. The van der Waals surface area contributed by atoms with Crippen molar-refractivity contribution in [3.05, 3.63) is 0 Å². The fraction of sp³-hybridized carbons (Fsp3) is 1.00. The summed E-state index contributed by atoms with van der Waals surface area (Å²) in [7, 11) is 1.90. The Morgan fingerprint density at radius 1 is 1.00 bits per heavy atom. The first kappa shape index (κ1) is 13.9. The van der Waals surface area contributed by atoms with Gasteiger partial charge in [0.2, 0.25) is 0 Å². The largest absolute Gasteiger partial charge is 0.217 e. The van der Waals surface area contributed by atoms with Gasteiger partial charge in [0.15, 0.2) is 0 Å². The first-order valence-electron chi connectivity index (χ1n) is 6.08. The molecule has 0 heterocycles. The minimum Gasteiger partial charge on any atom is -0.217 e. The lowest BCUT2D eigenvalue weighted by Gasteiger charge is -2.29. The van der Waals surface area contributed by atoms with Crippen LogP contribution in [-0.4, -0.2) is 29.5 Å². The Morgan fingerprint density at radius 3 is 2.00 bits per heavy atom. The molecule has 0 rings (SSSR count). The average Bonchev–Trinajstić information content (AvgIpc) is 2.10. The zero-order valence-corrected chi connectivity index (χ0v) is 10.4. The van der Waals surface area contributed by atoms with Crippen molar-refractivity contribution in [1.82, 2.24) is 0 Å². The van der Waals surface area contributed by atoms with Gasteiger partial charge >= 0.3 is 0 Å². The van der Waals surface area contributed by atoms with Crippen LogP contribution in [0, 0.1) is 0 Å². The second-order valence-corrected chi connectivity index (χ2v) is 4.80. The first-order valence-corrected chi connectivity index (χ1v) is 6.08. The number of hydrogen-bond acceptors (Lipinski definition) is 1. The third-order valence-corrected chi connectivity index (χ3v) is 3.08. The molecule has 1 N–H and O–H groups in total. The van der Waals surface area contributed by atoms with E-state index in [9.17, 15) is 5.21 Å². The minimum atomic E-state index is 0.174.